The molecule has 0 amide bonds. The van der Waals surface area contributed by atoms with E-state index in [9.17, 15) is 0 Å². The van der Waals surface area contributed by atoms with Crippen molar-refractivity contribution in [2.75, 3.05) is 0 Å². The Bertz CT molecular complexity index is 99.6. The number of hydrogen-bond acceptors (Lipinski definition) is 1. The minimum Gasteiger partial charge on any atom is -0.393 e. The van der Waals surface area contributed by atoms with Crippen molar-refractivity contribution in [1.82, 2.24) is 0 Å². The lowest BCUT2D eigenvalue weighted by molar-refractivity contribution is 0.131. The maximum absolute atomic E-state index is 8.98. The fourth-order valence-corrected chi connectivity index (χ4v) is 0.552. The predicted octanol–water partition coefficient (Wildman–Crippen LogP) is 1.42. The van der Waals surface area contributed by atoms with Gasteiger partial charge in [0.2, 0.25) is 0 Å². The van der Waals surface area contributed by atoms with Crippen molar-refractivity contribution in [2.24, 2.45) is 5.92 Å². The largest absolute Gasteiger partial charge is 0.393 e. The summed E-state index contributed by atoms with van der Waals surface area (Å²) < 4.78 is 0. The zero-order valence-corrected chi connectivity index (χ0v) is 6.09. The summed E-state index contributed by atoms with van der Waals surface area (Å²) in [6.45, 7) is 3.79. The van der Waals surface area contributed by atoms with Crippen LogP contribution in [-0.2, 0) is 0 Å². The predicted molar refractivity (Wildman–Crippen MR) is 38.9 cm³/mol. The zero-order valence-electron chi connectivity index (χ0n) is 6.09. The summed E-state index contributed by atoms with van der Waals surface area (Å²) in [5.74, 6) is 2.88. The van der Waals surface area contributed by atoms with Crippen LogP contribution in [0, 0.1) is 18.3 Å². The topological polar surface area (TPSA) is 20.2 Å². The molecule has 52 valence electrons. The van der Waals surface area contributed by atoms with Crippen molar-refractivity contribution >= 4 is 0 Å². The minimum absolute atomic E-state index is 0.224. The molecule has 0 bridgehead atoms. The van der Waals surface area contributed by atoms with E-state index in [0.29, 0.717) is 5.92 Å². The third kappa shape index (κ3) is 4.05. The smallest absolute Gasteiger partial charge is 0.0537 e. The van der Waals surface area contributed by atoms with Crippen LogP contribution in [0.15, 0.2) is 0 Å². The molecular weight excluding hydrogens is 112 g/mol. The van der Waals surface area contributed by atoms with Crippen LogP contribution in [0.1, 0.15) is 26.7 Å². The first-order valence-electron chi connectivity index (χ1n) is 3.30. The van der Waals surface area contributed by atoms with Crippen LogP contribution in [0.2, 0.25) is 0 Å². The standard InChI is InChI=1S/C8H14O/c1-4-5-6-7(2)8(3)9/h1,7-9H,5-6H2,2-3H3/t7-,8-/m0/s1. The van der Waals surface area contributed by atoms with E-state index in [0.717, 1.165) is 12.8 Å². The lowest BCUT2D eigenvalue weighted by atomic mass is 10.0. The van der Waals surface area contributed by atoms with E-state index in [4.69, 9.17) is 11.5 Å². The van der Waals surface area contributed by atoms with Crippen LogP contribution in [0.3, 0.4) is 0 Å². The van der Waals surface area contributed by atoms with Gasteiger partial charge in [-0.05, 0) is 19.3 Å². The lowest BCUT2D eigenvalue weighted by Crippen LogP contribution is -2.12. The second-order valence-electron chi connectivity index (χ2n) is 2.46. The molecule has 1 N–H and O–H groups in total. The number of rotatable bonds is 3. The maximum Gasteiger partial charge on any atom is 0.0537 e. The molecule has 0 aliphatic rings. The molecule has 0 unspecified atom stereocenters. The molecule has 0 radical (unpaired) electrons. The fraction of sp³-hybridized carbons (Fsp3) is 0.750. The van der Waals surface area contributed by atoms with Crippen molar-refractivity contribution in [3.05, 3.63) is 0 Å². The Morgan fingerprint density at radius 1 is 1.56 bits per heavy atom. The molecule has 0 fully saturated rings. The Kier molecular flexibility index (Phi) is 4.17. The normalized spacial score (nSPS) is 16.2. The van der Waals surface area contributed by atoms with E-state index < -0.39 is 0 Å². The van der Waals surface area contributed by atoms with Crippen molar-refractivity contribution in [3.8, 4) is 12.3 Å². The molecule has 0 spiro atoms. The molecule has 0 aliphatic carbocycles. The second kappa shape index (κ2) is 4.40. The Labute approximate surface area is 57.1 Å². The number of aliphatic hydroxyl groups is 1. The van der Waals surface area contributed by atoms with Crippen LogP contribution in [0.5, 0.6) is 0 Å². The fourth-order valence-electron chi connectivity index (χ4n) is 0.552. The van der Waals surface area contributed by atoms with Gasteiger partial charge in [-0.3, -0.25) is 0 Å². The van der Waals surface area contributed by atoms with Crippen molar-refractivity contribution in [3.63, 3.8) is 0 Å². The average Bonchev–Trinajstić information content (AvgIpc) is 1.82. The van der Waals surface area contributed by atoms with Crippen LogP contribution >= 0.6 is 0 Å². The summed E-state index contributed by atoms with van der Waals surface area (Å²) in [6.07, 6.45) is 6.52. The number of terminal acetylenes is 1. The van der Waals surface area contributed by atoms with Gasteiger partial charge in [0.1, 0.15) is 0 Å². The van der Waals surface area contributed by atoms with Gasteiger partial charge in [-0.1, -0.05) is 6.92 Å². The third-order valence-corrected chi connectivity index (χ3v) is 1.57. The first-order chi connectivity index (χ1) is 4.18. The quantitative estimate of drug-likeness (QED) is 0.567. The average molecular weight is 126 g/mol. The number of hydrogen-bond donors (Lipinski definition) is 1. The van der Waals surface area contributed by atoms with Crippen LogP contribution in [0.4, 0.5) is 0 Å². The molecule has 1 heteroatoms. The van der Waals surface area contributed by atoms with Crippen LogP contribution < -0.4 is 0 Å². The molecule has 1 nitrogen and oxygen atoms in total. The van der Waals surface area contributed by atoms with E-state index in [-0.39, 0.29) is 6.10 Å². The molecule has 0 aromatic rings. The van der Waals surface area contributed by atoms with Crippen molar-refractivity contribution in [1.29, 1.82) is 0 Å². The van der Waals surface area contributed by atoms with E-state index in [1.807, 2.05) is 6.92 Å². The zero-order chi connectivity index (χ0) is 7.28. The monoisotopic (exact) mass is 126 g/mol. The summed E-state index contributed by atoms with van der Waals surface area (Å²) >= 11 is 0. The Morgan fingerprint density at radius 3 is 2.44 bits per heavy atom. The molecule has 0 saturated carbocycles. The summed E-state index contributed by atoms with van der Waals surface area (Å²) in [5, 5.41) is 8.98. The van der Waals surface area contributed by atoms with Gasteiger partial charge in [0.05, 0.1) is 6.10 Å². The van der Waals surface area contributed by atoms with E-state index >= 15 is 0 Å². The highest BCUT2D eigenvalue weighted by Crippen LogP contribution is 2.08. The minimum atomic E-state index is -0.224. The second-order valence-corrected chi connectivity index (χ2v) is 2.46. The van der Waals surface area contributed by atoms with Gasteiger partial charge in [0.25, 0.3) is 0 Å². The van der Waals surface area contributed by atoms with Crippen molar-refractivity contribution in [2.45, 2.75) is 32.8 Å². The van der Waals surface area contributed by atoms with Gasteiger partial charge >= 0.3 is 0 Å². The highest BCUT2D eigenvalue weighted by Gasteiger charge is 2.06. The summed E-state index contributed by atoms with van der Waals surface area (Å²) in [4.78, 5) is 0. The molecule has 0 aromatic carbocycles. The molecule has 0 heterocycles. The summed E-state index contributed by atoms with van der Waals surface area (Å²) in [5.41, 5.74) is 0. The van der Waals surface area contributed by atoms with Crippen molar-refractivity contribution < 1.29 is 5.11 Å². The Hall–Kier alpha value is -0.480. The van der Waals surface area contributed by atoms with Crippen LogP contribution in [0.25, 0.3) is 0 Å². The van der Waals surface area contributed by atoms with E-state index in [1.165, 1.54) is 0 Å². The van der Waals surface area contributed by atoms with Gasteiger partial charge in [-0.15, -0.1) is 12.3 Å². The van der Waals surface area contributed by atoms with E-state index in [1.54, 1.807) is 6.92 Å². The Balaban J connectivity index is 3.29. The summed E-state index contributed by atoms with van der Waals surface area (Å²) in [7, 11) is 0. The maximum atomic E-state index is 8.98. The molecule has 0 aromatic heterocycles. The first-order valence-corrected chi connectivity index (χ1v) is 3.30. The van der Waals surface area contributed by atoms with Gasteiger partial charge in [-0.2, -0.15) is 0 Å². The summed E-state index contributed by atoms with van der Waals surface area (Å²) in [6, 6.07) is 0. The highest BCUT2D eigenvalue weighted by atomic mass is 16.3. The highest BCUT2D eigenvalue weighted by molar-refractivity contribution is 4.84. The third-order valence-electron chi connectivity index (χ3n) is 1.57. The molecular formula is C8H14O. The SMILES string of the molecule is C#CCC[C@H](C)[C@H](C)O. The van der Waals surface area contributed by atoms with Gasteiger partial charge in [0.15, 0.2) is 0 Å². The molecule has 0 rings (SSSR count). The molecule has 0 aliphatic heterocycles. The molecule has 2 atom stereocenters. The van der Waals surface area contributed by atoms with E-state index in [2.05, 4.69) is 5.92 Å². The Morgan fingerprint density at radius 2 is 2.11 bits per heavy atom. The molecule has 0 saturated heterocycles. The lowest BCUT2D eigenvalue weighted by Gasteiger charge is -2.11. The van der Waals surface area contributed by atoms with Crippen LogP contribution in [-0.4, -0.2) is 11.2 Å². The number of aliphatic hydroxyl groups excluding tert-OH is 1. The van der Waals surface area contributed by atoms with Gasteiger partial charge in [0, 0.05) is 6.42 Å². The van der Waals surface area contributed by atoms with Gasteiger partial charge in [-0.25, -0.2) is 0 Å². The first kappa shape index (κ1) is 8.52. The van der Waals surface area contributed by atoms with Gasteiger partial charge < -0.3 is 5.11 Å². The molecule has 9 heavy (non-hydrogen) atoms.